The van der Waals surface area contributed by atoms with Gasteiger partial charge in [-0.25, -0.2) is 13.1 Å². The number of hydrogen-bond acceptors (Lipinski definition) is 6. The molecule has 3 amide bonds. The first-order valence-electron chi connectivity index (χ1n) is 10.8. The van der Waals surface area contributed by atoms with Crippen LogP contribution in [-0.2, 0) is 29.2 Å². The van der Waals surface area contributed by atoms with Gasteiger partial charge in [-0.3, -0.25) is 19.2 Å². The molecule has 2 fully saturated rings. The molecule has 1 saturated carbocycles. The lowest BCUT2D eigenvalue weighted by Gasteiger charge is -2.37. The van der Waals surface area contributed by atoms with Crippen LogP contribution in [-0.4, -0.2) is 67.7 Å². The first kappa shape index (κ1) is 26.2. The molecule has 5 atom stereocenters. The van der Waals surface area contributed by atoms with E-state index in [1.165, 1.54) is 4.90 Å². The number of carbonyl (C=O) groups excluding carboxylic acids is 4. The average molecular weight is 473 g/mol. The lowest BCUT2D eigenvalue weighted by molar-refractivity contribution is -0.144. The minimum Gasteiger partial charge on any atom is -0.363 e. The molecule has 32 heavy (non-hydrogen) atoms. The topological polar surface area (TPSA) is 156 Å². The van der Waals surface area contributed by atoms with Gasteiger partial charge in [0.25, 0.3) is 5.91 Å². The molecule has 0 bridgehead atoms. The minimum atomic E-state index is -3.69. The van der Waals surface area contributed by atoms with E-state index in [9.17, 15) is 27.6 Å². The van der Waals surface area contributed by atoms with Gasteiger partial charge in [0.1, 0.15) is 12.1 Å². The van der Waals surface area contributed by atoms with E-state index >= 15 is 0 Å². The van der Waals surface area contributed by atoms with Gasteiger partial charge < -0.3 is 16.0 Å². The number of nitrogens with one attached hydrogen (secondary N) is 2. The molecule has 10 nitrogen and oxygen atoms in total. The molecule has 2 rings (SSSR count). The van der Waals surface area contributed by atoms with Crippen molar-refractivity contribution in [3.05, 3.63) is 0 Å². The van der Waals surface area contributed by atoms with Crippen molar-refractivity contribution in [3.8, 4) is 0 Å². The summed E-state index contributed by atoms with van der Waals surface area (Å²) in [5.74, 6) is -3.07. The number of carbonyl (C=O) groups is 4. The summed E-state index contributed by atoms with van der Waals surface area (Å²) in [5, 5.41) is 2.62. The highest BCUT2D eigenvalue weighted by molar-refractivity contribution is 7.88. The maximum atomic E-state index is 13.5. The van der Waals surface area contributed by atoms with E-state index in [2.05, 4.69) is 10.0 Å². The zero-order valence-electron chi connectivity index (χ0n) is 19.9. The van der Waals surface area contributed by atoms with Crippen LogP contribution in [0.25, 0.3) is 0 Å². The molecule has 1 aliphatic carbocycles. The van der Waals surface area contributed by atoms with E-state index < -0.39 is 57.1 Å². The molecule has 0 aromatic carbocycles. The number of sulfonamides is 1. The van der Waals surface area contributed by atoms with E-state index in [1.54, 1.807) is 20.8 Å². The van der Waals surface area contributed by atoms with Crippen LogP contribution in [0.2, 0.25) is 0 Å². The van der Waals surface area contributed by atoms with Gasteiger partial charge in [-0.1, -0.05) is 48.0 Å². The Morgan fingerprint density at radius 3 is 2.19 bits per heavy atom. The Hall–Kier alpha value is -2.01. The third kappa shape index (κ3) is 5.31. The lowest BCUT2D eigenvalue weighted by atomic mass is 9.86. The zero-order valence-corrected chi connectivity index (χ0v) is 20.7. The lowest BCUT2D eigenvalue weighted by Crippen LogP contribution is -2.60. The van der Waals surface area contributed by atoms with Crippen molar-refractivity contribution >= 4 is 33.5 Å². The van der Waals surface area contributed by atoms with Crippen molar-refractivity contribution in [1.29, 1.82) is 0 Å². The van der Waals surface area contributed by atoms with Crippen LogP contribution < -0.4 is 15.8 Å². The minimum absolute atomic E-state index is 0.0810. The normalized spacial score (nSPS) is 26.1. The fraction of sp³-hybridized carbons (Fsp3) is 0.810. The van der Waals surface area contributed by atoms with Crippen LogP contribution in [0, 0.1) is 22.7 Å². The van der Waals surface area contributed by atoms with Crippen molar-refractivity contribution in [2.75, 3.05) is 12.8 Å². The SMILES string of the molecule is CCCC(NC(=O)C1C2C(CN1C(=O)C(NS(C)(=O)=O)C(C)(C)C)C2(C)C)C(=O)C(N)=O. The summed E-state index contributed by atoms with van der Waals surface area (Å²) in [5.41, 5.74) is 4.22. The quantitative estimate of drug-likeness (QED) is 0.394. The molecule has 11 heteroatoms. The summed E-state index contributed by atoms with van der Waals surface area (Å²) in [6.07, 6.45) is 1.77. The van der Waals surface area contributed by atoms with Gasteiger partial charge in [0, 0.05) is 6.54 Å². The Balaban J connectivity index is 2.35. The van der Waals surface area contributed by atoms with Gasteiger partial charge in [-0.2, -0.15) is 0 Å². The van der Waals surface area contributed by atoms with Gasteiger partial charge in [0.05, 0.1) is 12.3 Å². The maximum Gasteiger partial charge on any atom is 0.287 e. The number of nitrogens with zero attached hydrogens (tertiary/aromatic N) is 1. The number of piperidine rings is 1. The summed E-state index contributed by atoms with van der Waals surface area (Å²) >= 11 is 0. The highest BCUT2D eigenvalue weighted by Crippen LogP contribution is 2.65. The zero-order chi connectivity index (χ0) is 24.8. The Morgan fingerprint density at radius 2 is 1.75 bits per heavy atom. The third-order valence-electron chi connectivity index (χ3n) is 6.66. The second-order valence-electron chi connectivity index (χ2n) is 10.7. The van der Waals surface area contributed by atoms with E-state index in [0.29, 0.717) is 13.0 Å². The number of nitrogens with two attached hydrogens (primary N) is 1. The molecule has 0 spiro atoms. The number of hydrogen-bond donors (Lipinski definition) is 3. The standard InChI is InChI=1S/C21H36N4O6S/c1-8-9-12(15(26)17(22)27)23-18(28)14-13-11(21(13,5)6)10-25(14)19(29)16(20(2,3)4)24-32(7,30)31/h11-14,16,24H,8-10H2,1-7H3,(H2,22,27)(H,23,28). The van der Waals surface area contributed by atoms with E-state index in [1.807, 2.05) is 20.8 Å². The van der Waals surface area contributed by atoms with Crippen LogP contribution in [0.3, 0.4) is 0 Å². The Kier molecular flexibility index (Phi) is 7.16. The second kappa shape index (κ2) is 8.74. The largest absolute Gasteiger partial charge is 0.363 e. The smallest absolute Gasteiger partial charge is 0.287 e. The van der Waals surface area contributed by atoms with Crippen LogP contribution in [0.5, 0.6) is 0 Å². The van der Waals surface area contributed by atoms with Gasteiger partial charge >= 0.3 is 0 Å². The van der Waals surface area contributed by atoms with Gasteiger partial charge in [-0.15, -0.1) is 0 Å². The monoisotopic (exact) mass is 472 g/mol. The number of ketones is 1. The molecular weight excluding hydrogens is 436 g/mol. The summed E-state index contributed by atoms with van der Waals surface area (Å²) in [7, 11) is -3.69. The Bertz CT molecular complexity index is 908. The van der Waals surface area contributed by atoms with Crippen molar-refractivity contribution in [1.82, 2.24) is 14.9 Å². The van der Waals surface area contributed by atoms with Crippen LogP contribution in [0.1, 0.15) is 54.4 Å². The first-order chi connectivity index (χ1) is 14.4. The molecule has 182 valence electrons. The second-order valence-corrected chi connectivity index (χ2v) is 12.4. The van der Waals surface area contributed by atoms with Crippen molar-refractivity contribution in [2.24, 2.45) is 28.4 Å². The molecule has 1 saturated heterocycles. The summed E-state index contributed by atoms with van der Waals surface area (Å²) in [6.45, 7) is 11.4. The van der Waals surface area contributed by atoms with Crippen molar-refractivity contribution < 1.29 is 27.6 Å². The van der Waals surface area contributed by atoms with E-state index in [-0.39, 0.29) is 23.7 Å². The van der Waals surface area contributed by atoms with Gasteiger partial charge in [-0.05, 0) is 29.1 Å². The fourth-order valence-corrected chi connectivity index (χ4v) is 5.66. The predicted octanol–water partition coefficient (Wildman–Crippen LogP) is -0.227. The predicted molar refractivity (Wildman–Crippen MR) is 119 cm³/mol. The summed E-state index contributed by atoms with van der Waals surface area (Å²) in [4.78, 5) is 51.8. The van der Waals surface area contributed by atoms with E-state index in [4.69, 9.17) is 5.73 Å². The van der Waals surface area contributed by atoms with E-state index in [0.717, 1.165) is 6.26 Å². The molecule has 4 N–H and O–H groups in total. The Labute approximate surface area is 190 Å². The van der Waals surface area contributed by atoms with Crippen LogP contribution in [0.4, 0.5) is 0 Å². The molecule has 0 radical (unpaired) electrons. The van der Waals surface area contributed by atoms with Crippen LogP contribution in [0.15, 0.2) is 0 Å². The number of amides is 3. The molecular formula is C21H36N4O6S. The molecule has 1 aliphatic heterocycles. The molecule has 2 aliphatic rings. The first-order valence-corrected chi connectivity index (χ1v) is 12.7. The highest BCUT2D eigenvalue weighted by atomic mass is 32.2. The van der Waals surface area contributed by atoms with Crippen molar-refractivity contribution in [2.45, 2.75) is 72.5 Å². The summed E-state index contributed by atoms with van der Waals surface area (Å²) < 4.78 is 26.2. The maximum absolute atomic E-state index is 13.5. The molecule has 1 heterocycles. The number of primary amides is 1. The van der Waals surface area contributed by atoms with Crippen LogP contribution >= 0.6 is 0 Å². The number of fused-ring (bicyclic) bond motifs is 1. The molecule has 0 aromatic rings. The number of Topliss-reactive ketones (excluding diaryl/α,β-unsaturated/α-hetero) is 1. The van der Waals surface area contributed by atoms with Gasteiger partial charge in [0.15, 0.2) is 0 Å². The fourth-order valence-electron chi connectivity index (χ4n) is 4.78. The number of likely N-dealkylation sites (tertiary alicyclic amines) is 1. The Morgan fingerprint density at radius 1 is 1.19 bits per heavy atom. The summed E-state index contributed by atoms with van der Waals surface area (Å²) in [6, 6.07) is -2.99. The molecule has 0 aromatic heterocycles. The highest BCUT2D eigenvalue weighted by Gasteiger charge is 2.69. The average Bonchev–Trinajstić information content (AvgIpc) is 2.99. The molecule has 5 unspecified atom stereocenters. The van der Waals surface area contributed by atoms with Crippen molar-refractivity contribution in [3.63, 3.8) is 0 Å². The third-order valence-corrected chi connectivity index (χ3v) is 7.32. The number of rotatable bonds is 9. The van der Waals surface area contributed by atoms with Gasteiger partial charge in [0.2, 0.25) is 27.6 Å².